The van der Waals surface area contributed by atoms with Crippen LogP contribution in [0.1, 0.15) is 42.6 Å². The molecule has 0 heterocycles. The van der Waals surface area contributed by atoms with E-state index >= 15 is 0 Å². The average molecular weight is 223 g/mol. The minimum absolute atomic E-state index is 0.128. The molecule has 0 aromatic heterocycles. The third-order valence-electron chi connectivity index (χ3n) is 2.74. The average Bonchev–Trinajstić information content (AvgIpc) is 2.29. The fraction of sp³-hybridized carbons (Fsp3) is 0.462. The first-order valence-corrected chi connectivity index (χ1v) is 5.65. The van der Waals surface area contributed by atoms with Crippen molar-refractivity contribution in [2.45, 2.75) is 39.7 Å². The molecule has 3 heteroatoms. The van der Waals surface area contributed by atoms with Crippen molar-refractivity contribution in [2.24, 2.45) is 0 Å². The van der Waals surface area contributed by atoms with Crippen LogP contribution in [0.2, 0.25) is 0 Å². The van der Waals surface area contributed by atoms with E-state index in [1.165, 1.54) is 12.1 Å². The summed E-state index contributed by atoms with van der Waals surface area (Å²) >= 11 is 0. The highest BCUT2D eigenvalue weighted by Gasteiger charge is 2.11. The van der Waals surface area contributed by atoms with Crippen LogP contribution >= 0.6 is 0 Å². The number of nitrogens with one attached hydrogen (secondary N) is 1. The standard InChI is InChI=1S/C13H18FNO/c1-4-11(5-2)15-13(16)10-6-7-12(14)9(3)8-10/h6-8,11H,4-5H2,1-3H3,(H,15,16). The van der Waals surface area contributed by atoms with Crippen molar-refractivity contribution in [3.05, 3.63) is 35.1 Å². The van der Waals surface area contributed by atoms with Gasteiger partial charge < -0.3 is 5.32 Å². The Labute approximate surface area is 95.9 Å². The molecular weight excluding hydrogens is 205 g/mol. The van der Waals surface area contributed by atoms with Crippen molar-refractivity contribution in [1.82, 2.24) is 5.32 Å². The molecule has 0 aliphatic carbocycles. The maximum atomic E-state index is 13.0. The van der Waals surface area contributed by atoms with Gasteiger partial charge in [0.05, 0.1) is 0 Å². The monoisotopic (exact) mass is 223 g/mol. The van der Waals surface area contributed by atoms with E-state index in [-0.39, 0.29) is 17.8 Å². The van der Waals surface area contributed by atoms with Crippen LogP contribution in [0.3, 0.4) is 0 Å². The zero-order valence-electron chi connectivity index (χ0n) is 10.0. The quantitative estimate of drug-likeness (QED) is 0.835. The molecule has 0 spiro atoms. The van der Waals surface area contributed by atoms with Gasteiger partial charge in [-0.15, -0.1) is 0 Å². The molecule has 1 rings (SSSR count). The number of carbonyl (C=O) groups excluding carboxylic acids is 1. The van der Waals surface area contributed by atoms with Crippen LogP contribution < -0.4 is 5.32 Å². The molecule has 0 radical (unpaired) electrons. The van der Waals surface area contributed by atoms with E-state index in [0.29, 0.717) is 11.1 Å². The normalized spacial score (nSPS) is 10.6. The third kappa shape index (κ3) is 3.05. The van der Waals surface area contributed by atoms with Gasteiger partial charge in [0.2, 0.25) is 0 Å². The van der Waals surface area contributed by atoms with Crippen LogP contribution in [0.15, 0.2) is 18.2 Å². The van der Waals surface area contributed by atoms with E-state index < -0.39 is 0 Å². The summed E-state index contributed by atoms with van der Waals surface area (Å²) in [6.45, 7) is 5.72. The summed E-state index contributed by atoms with van der Waals surface area (Å²) in [5.41, 5.74) is 1.02. The van der Waals surface area contributed by atoms with Crippen molar-refractivity contribution in [3.63, 3.8) is 0 Å². The van der Waals surface area contributed by atoms with Gasteiger partial charge in [-0.25, -0.2) is 4.39 Å². The van der Waals surface area contributed by atoms with Crippen LogP contribution in [0.4, 0.5) is 4.39 Å². The fourth-order valence-electron chi connectivity index (χ4n) is 1.55. The minimum atomic E-state index is -0.279. The van der Waals surface area contributed by atoms with Gasteiger partial charge in [-0.05, 0) is 43.5 Å². The van der Waals surface area contributed by atoms with E-state index in [2.05, 4.69) is 5.32 Å². The number of aryl methyl sites for hydroxylation is 1. The lowest BCUT2D eigenvalue weighted by molar-refractivity contribution is 0.0934. The smallest absolute Gasteiger partial charge is 0.251 e. The van der Waals surface area contributed by atoms with Crippen molar-refractivity contribution in [1.29, 1.82) is 0 Å². The number of halogens is 1. The highest BCUT2D eigenvalue weighted by atomic mass is 19.1. The Bertz CT molecular complexity index is 372. The Hall–Kier alpha value is -1.38. The Morgan fingerprint density at radius 1 is 1.38 bits per heavy atom. The second kappa shape index (κ2) is 5.64. The third-order valence-corrected chi connectivity index (χ3v) is 2.74. The summed E-state index contributed by atoms with van der Waals surface area (Å²) in [7, 11) is 0. The largest absolute Gasteiger partial charge is 0.349 e. The Morgan fingerprint density at radius 2 is 2.00 bits per heavy atom. The van der Waals surface area contributed by atoms with Crippen LogP contribution in [0.5, 0.6) is 0 Å². The number of hydrogen-bond donors (Lipinski definition) is 1. The van der Waals surface area contributed by atoms with Crippen LogP contribution in [0.25, 0.3) is 0 Å². The molecule has 0 aliphatic heterocycles. The molecule has 0 fully saturated rings. The predicted molar refractivity (Wildman–Crippen MR) is 63.0 cm³/mol. The summed E-state index contributed by atoms with van der Waals surface area (Å²) < 4.78 is 13.0. The highest BCUT2D eigenvalue weighted by molar-refractivity contribution is 5.94. The van der Waals surface area contributed by atoms with Crippen molar-refractivity contribution in [2.75, 3.05) is 0 Å². The van der Waals surface area contributed by atoms with E-state index in [9.17, 15) is 9.18 Å². The van der Waals surface area contributed by atoms with Crippen molar-refractivity contribution in [3.8, 4) is 0 Å². The van der Waals surface area contributed by atoms with Crippen molar-refractivity contribution >= 4 is 5.91 Å². The van der Waals surface area contributed by atoms with Gasteiger partial charge in [0.15, 0.2) is 0 Å². The van der Waals surface area contributed by atoms with E-state index in [1.54, 1.807) is 13.0 Å². The molecule has 0 aliphatic rings. The summed E-state index contributed by atoms with van der Waals surface area (Å²) in [6.07, 6.45) is 1.81. The molecule has 0 unspecified atom stereocenters. The maximum absolute atomic E-state index is 13.0. The molecule has 1 aromatic rings. The first-order valence-electron chi connectivity index (χ1n) is 5.65. The molecular formula is C13H18FNO. The van der Waals surface area contributed by atoms with Gasteiger partial charge in [0, 0.05) is 11.6 Å². The van der Waals surface area contributed by atoms with Gasteiger partial charge in [-0.1, -0.05) is 13.8 Å². The molecule has 0 bridgehead atoms. The fourth-order valence-corrected chi connectivity index (χ4v) is 1.55. The molecule has 16 heavy (non-hydrogen) atoms. The number of hydrogen-bond acceptors (Lipinski definition) is 1. The minimum Gasteiger partial charge on any atom is -0.349 e. The molecule has 88 valence electrons. The molecule has 1 aromatic carbocycles. The zero-order chi connectivity index (χ0) is 12.1. The lowest BCUT2D eigenvalue weighted by atomic mass is 10.1. The Balaban J connectivity index is 2.76. The van der Waals surface area contributed by atoms with Crippen LogP contribution in [-0.4, -0.2) is 11.9 Å². The van der Waals surface area contributed by atoms with Gasteiger partial charge in [0.1, 0.15) is 5.82 Å². The van der Waals surface area contributed by atoms with Gasteiger partial charge in [-0.2, -0.15) is 0 Å². The predicted octanol–water partition coefficient (Wildman–Crippen LogP) is 3.05. The summed E-state index contributed by atoms with van der Waals surface area (Å²) in [6, 6.07) is 4.61. The van der Waals surface area contributed by atoms with Crippen LogP contribution in [0, 0.1) is 12.7 Å². The van der Waals surface area contributed by atoms with Gasteiger partial charge >= 0.3 is 0 Å². The molecule has 0 atom stereocenters. The maximum Gasteiger partial charge on any atom is 0.251 e. The Morgan fingerprint density at radius 3 is 2.50 bits per heavy atom. The molecule has 2 nitrogen and oxygen atoms in total. The first-order chi connectivity index (χ1) is 7.58. The zero-order valence-corrected chi connectivity index (χ0v) is 10.0. The molecule has 1 N–H and O–H groups in total. The summed E-state index contributed by atoms with van der Waals surface area (Å²) in [5.74, 6) is -0.407. The topological polar surface area (TPSA) is 29.1 Å². The number of amides is 1. The lowest BCUT2D eigenvalue weighted by Gasteiger charge is -2.14. The summed E-state index contributed by atoms with van der Waals surface area (Å²) in [5, 5.41) is 2.92. The van der Waals surface area contributed by atoms with Gasteiger partial charge in [0.25, 0.3) is 5.91 Å². The number of benzene rings is 1. The van der Waals surface area contributed by atoms with E-state index in [0.717, 1.165) is 12.8 Å². The van der Waals surface area contributed by atoms with Crippen molar-refractivity contribution < 1.29 is 9.18 Å². The van der Waals surface area contributed by atoms with E-state index in [1.807, 2.05) is 13.8 Å². The SMILES string of the molecule is CCC(CC)NC(=O)c1ccc(F)c(C)c1. The van der Waals surface area contributed by atoms with E-state index in [4.69, 9.17) is 0 Å². The molecule has 0 saturated heterocycles. The molecule has 0 saturated carbocycles. The summed E-state index contributed by atoms with van der Waals surface area (Å²) in [4.78, 5) is 11.8. The second-order valence-corrected chi connectivity index (χ2v) is 3.95. The van der Waals surface area contributed by atoms with Gasteiger partial charge in [-0.3, -0.25) is 4.79 Å². The Kier molecular flexibility index (Phi) is 4.47. The second-order valence-electron chi connectivity index (χ2n) is 3.95. The number of rotatable bonds is 4. The highest BCUT2D eigenvalue weighted by Crippen LogP contribution is 2.09. The number of carbonyl (C=O) groups is 1. The first kappa shape index (κ1) is 12.7. The van der Waals surface area contributed by atoms with Crippen LogP contribution in [-0.2, 0) is 0 Å². The molecule has 1 amide bonds. The lowest BCUT2D eigenvalue weighted by Crippen LogP contribution is -2.33.